The number of amides is 1. The Kier molecular flexibility index (Phi) is 6.60. The zero-order chi connectivity index (χ0) is 22.6. The van der Waals surface area contributed by atoms with Crippen molar-refractivity contribution in [3.63, 3.8) is 0 Å². The Bertz CT molecular complexity index is 1200. The second-order valence-corrected chi connectivity index (χ2v) is 9.30. The van der Waals surface area contributed by atoms with Crippen LogP contribution in [0.15, 0.2) is 65.8 Å². The molecule has 3 aromatic rings. The fourth-order valence-electron chi connectivity index (χ4n) is 3.34. The van der Waals surface area contributed by atoms with E-state index in [-0.39, 0.29) is 6.54 Å². The third kappa shape index (κ3) is 5.40. The van der Waals surface area contributed by atoms with Crippen molar-refractivity contribution in [1.29, 1.82) is 0 Å². The van der Waals surface area contributed by atoms with Gasteiger partial charge >= 0.3 is 0 Å². The van der Waals surface area contributed by atoms with E-state index in [9.17, 15) is 13.2 Å². The van der Waals surface area contributed by atoms with Gasteiger partial charge in [-0.05, 0) is 51.1 Å². The minimum atomic E-state index is -3.63. The average molecular weight is 439 g/mol. The van der Waals surface area contributed by atoms with Crippen molar-refractivity contribution in [3.05, 3.63) is 83.2 Å². The van der Waals surface area contributed by atoms with Crippen molar-refractivity contribution < 1.29 is 13.2 Å². The molecule has 0 unspecified atom stereocenters. The summed E-state index contributed by atoms with van der Waals surface area (Å²) >= 11 is 0. The summed E-state index contributed by atoms with van der Waals surface area (Å²) in [5.74, 6) is -0.529. The molecule has 1 aromatic heterocycles. The van der Waals surface area contributed by atoms with Gasteiger partial charge in [0, 0.05) is 22.6 Å². The van der Waals surface area contributed by atoms with E-state index < -0.39 is 15.9 Å². The SMILES string of the molecule is Cc1ccc(N(CC(=O)N/N=C\c2cc(C)n(-c3ccccc3)c2C)S(C)(=O)=O)cc1. The summed E-state index contributed by atoms with van der Waals surface area (Å²) in [6.07, 6.45) is 2.64. The standard InChI is InChI=1S/C23H26N4O3S/c1-17-10-12-21(13-11-17)26(31(4,29)30)16-23(28)25-24-15-20-14-18(2)27(19(20)3)22-8-6-5-7-9-22/h5-15H,16H2,1-4H3,(H,25,28)/b24-15-. The van der Waals surface area contributed by atoms with Crippen molar-refractivity contribution in [2.45, 2.75) is 20.8 Å². The number of aryl methyl sites for hydroxylation is 2. The molecule has 31 heavy (non-hydrogen) atoms. The number of carbonyl (C=O) groups is 1. The summed E-state index contributed by atoms with van der Waals surface area (Å²) in [6, 6.07) is 18.9. The van der Waals surface area contributed by atoms with E-state index in [1.807, 2.05) is 57.2 Å². The molecule has 162 valence electrons. The Labute approximate surface area is 183 Å². The van der Waals surface area contributed by atoms with E-state index in [0.29, 0.717) is 5.69 Å². The summed E-state index contributed by atoms with van der Waals surface area (Å²) in [4.78, 5) is 12.4. The molecule has 0 saturated heterocycles. The largest absolute Gasteiger partial charge is 0.318 e. The van der Waals surface area contributed by atoms with Gasteiger partial charge in [0.1, 0.15) is 6.54 Å². The molecule has 0 aliphatic rings. The Balaban J connectivity index is 1.72. The Morgan fingerprint density at radius 2 is 1.71 bits per heavy atom. The van der Waals surface area contributed by atoms with Crippen LogP contribution in [0, 0.1) is 20.8 Å². The van der Waals surface area contributed by atoms with Gasteiger partial charge in [0.25, 0.3) is 5.91 Å². The van der Waals surface area contributed by atoms with Gasteiger partial charge in [0.15, 0.2) is 0 Å². The highest BCUT2D eigenvalue weighted by atomic mass is 32.2. The number of aromatic nitrogens is 1. The summed E-state index contributed by atoms with van der Waals surface area (Å²) in [5.41, 5.74) is 7.79. The lowest BCUT2D eigenvalue weighted by Crippen LogP contribution is -2.39. The second kappa shape index (κ2) is 9.18. The molecule has 0 saturated carbocycles. The number of benzene rings is 2. The third-order valence-electron chi connectivity index (χ3n) is 4.89. The molecule has 1 N–H and O–H groups in total. The predicted octanol–water partition coefficient (Wildman–Crippen LogP) is 3.32. The number of anilines is 1. The zero-order valence-electron chi connectivity index (χ0n) is 18.0. The normalized spacial score (nSPS) is 11.6. The minimum absolute atomic E-state index is 0.359. The Morgan fingerprint density at radius 1 is 1.06 bits per heavy atom. The fraction of sp³-hybridized carbons (Fsp3) is 0.217. The topological polar surface area (TPSA) is 83.8 Å². The summed E-state index contributed by atoms with van der Waals surface area (Å²) in [5, 5.41) is 4.03. The van der Waals surface area contributed by atoms with Crippen LogP contribution in [-0.2, 0) is 14.8 Å². The lowest BCUT2D eigenvalue weighted by atomic mass is 10.2. The maximum Gasteiger partial charge on any atom is 0.260 e. The molecule has 7 nitrogen and oxygen atoms in total. The fourth-order valence-corrected chi connectivity index (χ4v) is 4.20. The van der Waals surface area contributed by atoms with Crippen LogP contribution in [0.25, 0.3) is 5.69 Å². The number of nitrogens with one attached hydrogen (secondary N) is 1. The Hall–Kier alpha value is -3.39. The van der Waals surface area contributed by atoms with Crippen LogP contribution >= 0.6 is 0 Å². The number of para-hydroxylation sites is 1. The second-order valence-electron chi connectivity index (χ2n) is 7.40. The molecule has 1 heterocycles. The number of hydrogen-bond acceptors (Lipinski definition) is 4. The van der Waals surface area contributed by atoms with Gasteiger partial charge in [-0.2, -0.15) is 5.10 Å². The molecule has 2 aromatic carbocycles. The van der Waals surface area contributed by atoms with Crippen LogP contribution in [0.3, 0.4) is 0 Å². The number of hydrazone groups is 1. The van der Waals surface area contributed by atoms with Crippen molar-refractivity contribution in [1.82, 2.24) is 9.99 Å². The molecule has 0 aliphatic heterocycles. The summed E-state index contributed by atoms with van der Waals surface area (Å²) in [7, 11) is -3.63. The number of carbonyl (C=O) groups excluding carboxylic acids is 1. The first-order chi connectivity index (χ1) is 14.7. The third-order valence-corrected chi connectivity index (χ3v) is 6.03. The predicted molar refractivity (Wildman–Crippen MR) is 124 cm³/mol. The molecule has 0 aliphatic carbocycles. The quantitative estimate of drug-likeness (QED) is 0.454. The first-order valence-electron chi connectivity index (χ1n) is 9.77. The maximum atomic E-state index is 12.4. The number of sulfonamides is 1. The van der Waals surface area contributed by atoms with Gasteiger partial charge in [-0.15, -0.1) is 0 Å². The van der Waals surface area contributed by atoms with Crippen molar-refractivity contribution in [2.75, 3.05) is 17.1 Å². The highest BCUT2D eigenvalue weighted by molar-refractivity contribution is 7.92. The molecule has 8 heteroatoms. The molecular formula is C23H26N4O3S. The van der Waals surface area contributed by atoms with E-state index in [0.717, 1.165) is 38.8 Å². The van der Waals surface area contributed by atoms with Gasteiger partial charge in [-0.25, -0.2) is 13.8 Å². The van der Waals surface area contributed by atoms with E-state index in [1.165, 1.54) is 0 Å². The van der Waals surface area contributed by atoms with Crippen LogP contribution in [0.5, 0.6) is 0 Å². The van der Waals surface area contributed by atoms with Crippen LogP contribution in [0.2, 0.25) is 0 Å². The van der Waals surface area contributed by atoms with Crippen LogP contribution in [-0.4, -0.2) is 37.9 Å². The van der Waals surface area contributed by atoms with E-state index >= 15 is 0 Å². The number of nitrogens with zero attached hydrogens (tertiary/aromatic N) is 3. The van der Waals surface area contributed by atoms with E-state index in [2.05, 4.69) is 15.1 Å². The van der Waals surface area contributed by atoms with Crippen molar-refractivity contribution >= 4 is 27.8 Å². The first kappa shape index (κ1) is 22.3. The van der Waals surface area contributed by atoms with Gasteiger partial charge < -0.3 is 4.57 Å². The molecule has 0 bridgehead atoms. The van der Waals surface area contributed by atoms with Crippen LogP contribution in [0.4, 0.5) is 5.69 Å². The molecule has 0 atom stereocenters. The number of rotatable bonds is 7. The van der Waals surface area contributed by atoms with Crippen LogP contribution in [0.1, 0.15) is 22.5 Å². The molecule has 0 spiro atoms. The van der Waals surface area contributed by atoms with Gasteiger partial charge in [0.05, 0.1) is 18.2 Å². The monoisotopic (exact) mass is 438 g/mol. The summed E-state index contributed by atoms with van der Waals surface area (Å²) in [6.45, 7) is 5.53. The lowest BCUT2D eigenvalue weighted by molar-refractivity contribution is -0.119. The molecule has 3 rings (SSSR count). The molecule has 0 radical (unpaired) electrons. The molecule has 0 fully saturated rings. The highest BCUT2D eigenvalue weighted by Gasteiger charge is 2.20. The highest BCUT2D eigenvalue weighted by Crippen LogP contribution is 2.20. The minimum Gasteiger partial charge on any atom is -0.318 e. The van der Waals surface area contributed by atoms with Gasteiger partial charge in [-0.3, -0.25) is 9.10 Å². The maximum absolute atomic E-state index is 12.4. The average Bonchev–Trinajstić information content (AvgIpc) is 3.00. The molecule has 1 amide bonds. The Morgan fingerprint density at radius 3 is 2.32 bits per heavy atom. The van der Waals surface area contributed by atoms with E-state index in [1.54, 1.807) is 30.5 Å². The number of hydrogen-bond donors (Lipinski definition) is 1. The zero-order valence-corrected chi connectivity index (χ0v) is 18.8. The van der Waals surface area contributed by atoms with Crippen LogP contribution < -0.4 is 9.73 Å². The van der Waals surface area contributed by atoms with Gasteiger partial charge in [0.2, 0.25) is 10.0 Å². The van der Waals surface area contributed by atoms with E-state index in [4.69, 9.17) is 0 Å². The smallest absolute Gasteiger partial charge is 0.260 e. The lowest BCUT2D eigenvalue weighted by Gasteiger charge is -2.21. The van der Waals surface area contributed by atoms with Gasteiger partial charge in [-0.1, -0.05) is 35.9 Å². The van der Waals surface area contributed by atoms with Crippen molar-refractivity contribution in [3.8, 4) is 5.69 Å². The summed E-state index contributed by atoms with van der Waals surface area (Å²) < 4.78 is 27.5. The van der Waals surface area contributed by atoms with Crippen molar-refractivity contribution in [2.24, 2.45) is 5.10 Å². The first-order valence-corrected chi connectivity index (χ1v) is 11.6. The molecular weight excluding hydrogens is 412 g/mol.